The van der Waals surface area contributed by atoms with Crippen LogP contribution in [0.1, 0.15) is 27.7 Å². The van der Waals surface area contributed by atoms with Crippen molar-refractivity contribution in [2.24, 2.45) is 0 Å². The van der Waals surface area contributed by atoms with E-state index in [-0.39, 0.29) is 27.0 Å². The number of aryl methyl sites for hydroxylation is 2. The average Bonchev–Trinajstić information content (AvgIpc) is 3.28. The Morgan fingerprint density at radius 1 is 1.21 bits per heavy atom. The van der Waals surface area contributed by atoms with Crippen molar-refractivity contribution in [2.75, 3.05) is 12.0 Å². The molecule has 2 heterocycles. The van der Waals surface area contributed by atoms with E-state index in [9.17, 15) is 24.8 Å². The maximum Gasteiger partial charge on any atom is 0.301 e. The van der Waals surface area contributed by atoms with Gasteiger partial charge in [0.1, 0.15) is 11.5 Å². The molecule has 1 aliphatic rings. The van der Waals surface area contributed by atoms with Crippen molar-refractivity contribution in [2.45, 2.75) is 19.9 Å². The van der Waals surface area contributed by atoms with Crippen LogP contribution in [0.2, 0.25) is 5.02 Å². The third-order valence-electron chi connectivity index (χ3n) is 5.51. The minimum Gasteiger partial charge on any atom is -0.507 e. The highest BCUT2D eigenvalue weighted by atomic mass is 35.5. The highest BCUT2D eigenvalue weighted by Gasteiger charge is 2.48. The number of aliphatic hydroxyl groups excluding tert-OH is 1. The number of ether oxygens (including phenoxy) is 1. The van der Waals surface area contributed by atoms with Gasteiger partial charge in [0.15, 0.2) is 5.13 Å². The fourth-order valence-electron chi connectivity index (χ4n) is 3.65. The van der Waals surface area contributed by atoms with Crippen molar-refractivity contribution < 1.29 is 24.4 Å². The number of aromatic nitrogens is 1. The predicted molar refractivity (Wildman–Crippen MR) is 127 cm³/mol. The normalized spacial score (nSPS) is 17.3. The van der Waals surface area contributed by atoms with Crippen molar-refractivity contribution >= 4 is 51.2 Å². The van der Waals surface area contributed by atoms with E-state index in [2.05, 4.69) is 4.98 Å². The summed E-state index contributed by atoms with van der Waals surface area (Å²) in [7, 11) is 1.44. The molecular formula is C23H18ClN3O6S. The molecule has 174 valence electrons. The molecule has 1 aromatic heterocycles. The number of carbonyl (C=O) groups is 2. The number of nitrogens with zero attached hydrogens (tertiary/aromatic N) is 3. The summed E-state index contributed by atoms with van der Waals surface area (Å²) in [5.41, 5.74) is 0.985. The van der Waals surface area contributed by atoms with Crippen LogP contribution in [0.25, 0.3) is 5.76 Å². The van der Waals surface area contributed by atoms with Gasteiger partial charge in [0.05, 0.1) is 34.4 Å². The Labute approximate surface area is 203 Å². The molecule has 1 atom stereocenters. The lowest BCUT2D eigenvalue weighted by atomic mass is 9.95. The monoisotopic (exact) mass is 499 g/mol. The summed E-state index contributed by atoms with van der Waals surface area (Å²) >= 11 is 7.43. The molecule has 0 spiro atoms. The Morgan fingerprint density at radius 2 is 1.88 bits per heavy atom. The topological polar surface area (TPSA) is 123 Å². The number of hydrogen-bond acceptors (Lipinski definition) is 8. The number of hydrogen-bond donors (Lipinski definition) is 1. The maximum absolute atomic E-state index is 13.2. The van der Waals surface area contributed by atoms with Crippen LogP contribution in [0.5, 0.6) is 5.75 Å². The standard InChI is InChI=1S/C23H18ClN3O6S/c1-11-12(2)34-23(25-11)26-19(13-4-7-15(8-5-13)27(31)32)18(21(29)22(26)30)20(28)14-6-9-17(33-3)16(24)10-14/h4-10,19,28H,1-3H3/b20-18+. The number of Topliss-reactive ketones (excluding diaryl/α,β-unsaturated/α-hetero) is 1. The van der Waals surface area contributed by atoms with Gasteiger partial charge >= 0.3 is 5.91 Å². The lowest BCUT2D eigenvalue weighted by molar-refractivity contribution is -0.384. The summed E-state index contributed by atoms with van der Waals surface area (Å²) < 4.78 is 5.13. The largest absolute Gasteiger partial charge is 0.507 e. The summed E-state index contributed by atoms with van der Waals surface area (Å²) in [5, 5.41) is 22.8. The van der Waals surface area contributed by atoms with Gasteiger partial charge in [-0.1, -0.05) is 11.6 Å². The second-order valence-electron chi connectivity index (χ2n) is 7.51. The number of thiazole rings is 1. The number of non-ortho nitro benzene ring substituents is 1. The minimum atomic E-state index is -1.05. The van der Waals surface area contributed by atoms with Gasteiger partial charge in [-0.25, -0.2) is 4.98 Å². The smallest absolute Gasteiger partial charge is 0.301 e. The maximum atomic E-state index is 13.2. The number of benzene rings is 2. The first kappa shape index (κ1) is 23.4. The number of aliphatic hydroxyl groups is 1. The van der Waals surface area contributed by atoms with Crippen LogP contribution in [0.4, 0.5) is 10.8 Å². The summed E-state index contributed by atoms with van der Waals surface area (Å²) in [4.78, 5) is 43.4. The van der Waals surface area contributed by atoms with Gasteiger partial charge in [0.25, 0.3) is 11.5 Å². The molecule has 34 heavy (non-hydrogen) atoms. The zero-order valence-corrected chi connectivity index (χ0v) is 19.8. The molecule has 11 heteroatoms. The number of ketones is 1. The molecule has 3 aromatic rings. The fourth-order valence-corrected chi connectivity index (χ4v) is 4.85. The van der Waals surface area contributed by atoms with Crippen molar-refractivity contribution in [3.8, 4) is 5.75 Å². The number of methoxy groups -OCH3 is 1. The summed E-state index contributed by atoms with van der Waals surface area (Å²) in [5.74, 6) is -1.82. The van der Waals surface area contributed by atoms with Gasteiger partial charge in [-0.2, -0.15) is 0 Å². The molecule has 0 saturated carbocycles. The van der Waals surface area contributed by atoms with E-state index in [0.717, 1.165) is 4.88 Å². The quantitative estimate of drug-likeness (QED) is 0.173. The van der Waals surface area contributed by atoms with Crippen molar-refractivity contribution in [3.63, 3.8) is 0 Å². The number of anilines is 1. The van der Waals surface area contributed by atoms with Crippen LogP contribution in [0, 0.1) is 24.0 Å². The van der Waals surface area contributed by atoms with Crippen LogP contribution >= 0.6 is 22.9 Å². The Morgan fingerprint density at radius 3 is 2.41 bits per heavy atom. The second kappa shape index (κ2) is 8.88. The molecule has 1 amide bonds. The fraction of sp³-hybridized carbons (Fsp3) is 0.174. The van der Waals surface area contributed by atoms with Crippen molar-refractivity contribution in [1.82, 2.24) is 4.98 Å². The number of nitro groups is 1. The molecular weight excluding hydrogens is 482 g/mol. The van der Waals surface area contributed by atoms with Crippen LogP contribution in [-0.4, -0.2) is 33.8 Å². The van der Waals surface area contributed by atoms with Crippen molar-refractivity contribution in [3.05, 3.63) is 84.9 Å². The number of amides is 1. The molecule has 1 saturated heterocycles. The van der Waals surface area contributed by atoms with Crippen LogP contribution in [0.15, 0.2) is 48.0 Å². The molecule has 1 unspecified atom stereocenters. The van der Waals surface area contributed by atoms with E-state index >= 15 is 0 Å². The Balaban J connectivity index is 1.93. The molecule has 2 aromatic carbocycles. The predicted octanol–water partition coefficient (Wildman–Crippen LogP) is 4.96. The van der Waals surface area contributed by atoms with E-state index in [1.165, 1.54) is 65.8 Å². The first-order valence-corrected chi connectivity index (χ1v) is 11.2. The van der Waals surface area contributed by atoms with E-state index in [1.54, 1.807) is 6.92 Å². The Kier molecular flexibility index (Phi) is 6.11. The first-order valence-electron chi connectivity index (χ1n) is 9.97. The van der Waals surface area contributed by atoms with Gasteiger partial charge < -0.3 is 9.84 Å². The molecule has 1 aliphatic heterocycles. The highest BCUT2D eigenvalue weighted by molar-refractivity contribution is 7.16. The van der Waals surface area contributed by atoms with Gasteiger partial charge in [-0.15, -0.1) is 11.3 Å². The molecule has 1 N–H and O–H groups in total. The number of carbonyl (C=O) groups excluding carboxylic acids is 2. The zero-order valence-electron chi connectivity index (χ0n) is 18.2. The Bertz CT molecular complexity index is 1350. The molecule has 1 fully saturated rings. The molecule has 0 aliphatic carbocycles. The van der Waals surface area contributed by atoms with E-state index in [0.29, 0.717) is 17.0 Å². The third kappa shape index (κ3) is 3.91. The number of rotatable bonds is 5. The SMILES string of the molecule is COc1ccc(/C(O)=C2\C(=O)C(=O)N(c3nc(C)c(C)s3)C2c2ccc([N+](=O)[O-])cc2)cc1Cl. The van der Waals surface area contributed by atoms with Crippen molar-refractivity contribution in [1.29, 1.82) is 0 Å². The van der Waals surface area contributed by atoms with E-state index < -0.39 is 28.4 Å². The van der Waals surface area contributed by atoms with Gasteiger partial charge in [0, 0.05) is 22.6 Å². The summed E-state index contributed by atoms with van der Waals surface area (Å²) in [6, 6.07) is 8.86. The van der Waals surface area contributed by atoms with Gasteiger partial charge in [-0.3, -0.25) is 24.6 Å². The first-order chi connectivity index (χ1) is 16.1. The second-order valence-corrected chi connectivity index (χ2v) is 9.09. The van der Waals surface area contributed by atoms with Gasteiger partial charge in [0.2, 0.25) is 0 Å². The van der Waals surface area contributed by atoms with E-state index in [4.69, 9.17) is 16.3 Å². The van der Waals surface area contributed by atoms with Crippen LogP contribution in [-0.2, 0) is 9.59 Å². The number of halogens is 1. The lowest BCUT2D eigenvalue weighted by Gasteiger charge is -2.23. The molecule has 0 radical (unpaired) electrons. The number of nitro benzene ring substituents is 1. The average molecular weight is 500 g/mol. The zero-order chi connectivity index (χ0) is 24.7. The van der Waals surface area contributed by atoms with E-state index in [1.807, 2.05) is 6.92 Å². The van der Waals surface area contributed by atoms with Gasteiger partial charge in [-0.05, 0) is 49.7 Å². The third-order valence-corrected chi connectivity index (χ3v) is 6.88. The minimum absolute atomic E-state index is 0.149. The molecule has 0 bridgehead atoms. The highest BCUT2D eigenvalue weighted by Crippen LogP contribution is 2.44. The van der Waals surface area contributed by atoms with Crippen LogP contribution < -0.4 is 9.64 Å². The Hall–Kier alpha value is -3.76. The van der Waals surface area contributed by atoms with Crippen LogP contribution in [0.3, 0.4) is 0 Å². The molecule has 4 rings (SSSR count). The molecule has 9 nitrogen and oxygen atoms in total. The summed E-state index contributed by atoms with van der Waals surface area (Å²) in [6.07, 6.45) is 0. The lowest BCUT2D eigenvalue weighted by Crippen LogP contribution is -2.29. The summed E-state index contributed by atoms with van der Waals surface area (Å²) in [6.45, 7) is 3.62.